The van der Waals surface area contributed by atoms with E-state index in [2.05, 4.69) is 19.7 Å². The zero-order chi connectivity index (χ0) is 17.2. The van der Waals surface area contributed by atoms with Crippen LogP contribution in [0.4, 0.5) is 0 Å². The van der Waals surface area contributed by atoms with E-state index >= 15 is 0 Å². The summed E-state index contributed by atoms with van der Waals surface area (Å²) in [5, 5.41) is 7.64. The summed E-state index contributed by atoms with van der Waals surface area (Å²) in [6.45, 7) is 4.96. The average molecular weight is 353 g/mol. The van der Waals surface area contributed by atoms with E-state index in [9.17, 15) is 13.2 Å². The molecule has 0 spiro atoms. The molecule has 0 radical (unpaired) electrons. The molecule has 0 saturated carbocycles. The summed E-state index contributed by atoms with van der Waals surface area (Å²) in [6.07, 6.45) is 2.34. The van der Waals surface area contributed by atoms with Crippen LogP contribution in [0.25, 0.3) is 0 Å². The lowest BCUT2D eigenvalue weighted by Crippen LogP contribution is -2.49. The summed E-state index contributed by atoms with van der Waals surface area (Å²) in [5.74, 6) is 0. The number of hydrogen-bond acceptors (Lipinski definition) is 7. The van der Waals surface area contributed by atoms with Gasteiger partial charge in [0.15, 0.2) is 0 Å². The number of hydrogen-bond donors (Lipinski definition) is 0. The monoisotopic (exact) mass is 353 g/mol. The lowest BCUT2D eigenvalue weighted by Gasteiger charge is -2.33. The Labute approximate surface area is 139 Å². The van der Waals surface area contributed by atoms with Crippen molar-refractivity contribution >= 4 is 10.0 Å². The van der Waals surface area contributed by atoms with Gasteiger partial charge in [-0.05, 0) is 13.0 Å². The predicted octanol–water partition coefficient (Wildman–Crippen LogP) is -0.454. The fraction of sp³-hybridized carbons (Fsp3) is 0.500. The van der Waals surface area contributed by atoms with Crippen LogP contribution in [0, 0.1) is 6.92 Å². The Bertz CT molecular complexity index is 838. The summed E-state index contributed by atoms with van der Waals surface area (Å²) in [4.78, 5) is 13.9. The van der Waals surface area contributed by atoms with Crippen molar-refractivity contribution in [1.82, 2.24) is 24.1 Å². The molecule has 0 N–H and O–H groups in total. The second-order valence-corrected chi connectivity index (χ2v) is 7.58. The first-order chi connectivity index (χ1) is 11.5. The van der Waals surface area contributed by atoms with Gasteiger partial charge in [-0.1, -0.05) is 5.16 Å². The molecular weight excluding hydrogens is 334 g/mol. The van der Waals surface area contributed by atoms with E-state index in [0.29, 0.717) is 39.3 Å². The SMILES string of the molecule is Cc1ccc(=O)n(CCN2CCN(S(=O)(=O)c3cnoc3)CC2)n1. The van der Waals surface area contributed by atoms with Crippen LogP contribution in [-0.2, 0) is 16.6 Å². The fourth-order valence-electron chi connectivity index (χ4n) is 2.61. The lowest BCUT2D eigenvalue weighted by molar-refractivity contribution is 0.180. The van der Waals surface area contributed by atoms with Crippen LogP contribution in [0.2, 0.25) is 0 Å². The molecule has 130 valence electrons. The molecule has 0 bridgehead atoms. The predicted molar refractivity (Wildman–Crippen MR) is 84.9 cm³/mol. The molecule has 9 nitrogen and oxygen atoms in total. The van der Waals surface area contributed by atoms with E-state index in [4.69, 9.17) is 0 Å². The zero-order valence-electron chi connectivity index (χ0n) is 13.3. The molecule has 1 aliphatic rings. The topological polar surface area (TPSA) is 102 Å². The van der Waals surface area contributed by atoms with Gasteiger partial charge < -0.3 is 4.52 Å². The normalized spacial score (nSPS) is 17.2. The third-order valence-electron chi connectivity index (χ3n) is 4.01. The molecule has 2 aromatic heterocycles. The molecule has 0 aliphatic carbocycles. The first-order valence-corrected chi connectivity index (χ1v) is 9.07. The van der Waals surface area contributed by atoms with Crippen molar-refractivity contribution < 1.29 is 12.9 Å². The molecule has 0 unspecified atom stereocenters. The van der Waals surface area contributed by atoms with E-state index in [0.717, 1.165) is 12.0 Å². The molecule has 1 saturated heterocycles. The van der Waals surface area contributed by atoms with Crippen molar-refractivity contribution in [2.45, 2.75) is 18.4 Å². The number of sulfonamides is 1. The molecule has 2 aromatic rings. The molecular formula is C14H19N5O4S. The molecule has 0 amide bonds. The Morgan fingerprint density at radius 3 is 2.58 bits per heavy atom. The molecule has 1 aliphatic heterocycles. The van der Waals surface area contributed by atoms with E-state index in [-0.39, 0.29) is 10.5 Å². The maximum absolute atomic E-state index is 12.4. The number of aromatic nitrogens is 3. The lowest BCUT2D eigenvalue weighted by atomic mass is 10.3. The Morgan fingerprint density at radius 1 is 1.17 bits per heavy atom. The van der Waals surface area contributed by atoms with Gasteiger partial charge in [-0.2, -0.15) is 9.40 Å². The second kappa shape index (κ2) is 6.83. The van der Waals surface area contributed by atoms with Gasteiger partial charge in [-0.15, -0.1) is 0 Å². The minimum Gasteiger partial charge on any atom is -0.363 e. The molecule has 0 aromatic carbocycles. The first-order valence-electron chi connectivity index (χ1n) is 7.63. The minimum absolute atomic E-state index is 0.0754. The van der Waals surface area contributed by atoms with Gasteiger partial charge >= 0.3 is 0 Å². The van der Waals surface area contributed by atoms with Crippen LogP contribution < -0.4 is 5.56 Å². The Balaban J connectivity index is 1.56. The van der Waals surface area contributed by atoms with Crippen molar-refractivity contribution in [1.29, 1.82) is 0 Å². The quantitative estimate of drug-likeness (QED) is 0.717. The molecule has 1 fully saturated rings. The Hall–Kier alpha value is -2.04. The zero-order valence-corrected chi connectivity index (χ0v) is 14.1. The van der Waals surface area contributed by atoms with Crippen LogP contribution in [-0.4, -0.2) is 65.3 Å². The van der Waals surface area contributed by atoms with Crippen molar-refractivity contribution in [3.63, 3.8) is 0 Å². The number of nitrogens with zero attached hydrogens (tertiary/aromatic N) is 5. The Kier molecular flexibility index (Phi) is 4.78. The summed E-state index contributed by atoms with van der Waals surface area (Å²) in [6, 6.07) is 3.19. The van der Waals surface area contributed by atoms with Gasteiger partial charge in [0.1, 0.15) is 11.2 Å². The molecule has 24 heavy (non-hydrogen) atoms. The molecule has 3 rings (SSSR count). The first kappa shape index (κ1) is 16.8. The summed E-state index contributed by atoms with van der Waals surface area (Å²) < 4.78 is 32.2. The summed E-state index contributed by atoms with van der Waals surface area (Å²) in [5.41, 5.74) is 0.661. The van der Waals surface area contributed by atoms with Gasteiger partial charge in [0, 0.05) is 38.8 Å². The highest BCUT2D eigenvalue weighted by Gasteiger charge is 2.29. The van der Waals surface area contributed by atoms with Crippen molar-refractivity contribution in [2.24, 2.45) is 0 Å². The van der Waals surface area contributed by atoms with Gasteiger partial charge in [0.05, 0.1) is 18.4 Å². The van der Waals surface area contributed by atoms with E-state index in [1.165, 1.54) is 21.3 Å². The number of piperazine rings is 1. The van der Waals surface area contributed by atoms with E-state index in [1.807, 2.05) is 6.92 Å². The highest BCUT2D eigenvalue weighted by atomic mass is 32.2. The van der Waals surface area contributed by atoms with Gasteiger partial charge in [-0.3, -0.25) is 9.69 Å². The van der Waals surface area contributed by atoms with Crippen LogP contribution in [0.1, 0.15) is 5.69 Å². The summed E-state index contributed by atoms with van der Waals surface area (Å²) >= 11 is 0. The van der Waals surface area contributed by atoms with Crippen LogP contribution >= 0.6 is 0 Å². The van der Waals surface area contributed by atoms with Gasteiger partial charge in [0.25, 0.3) is 5.56 Å². The maximum atomic E-state index is 12.4. The fourth-order valence-corrected chi connectivity index (χ4v) is 3.90. The highest BCUT2D eigenvalue weighted by molar-refractivity contribution is 7.89. The third kappa shape index (κ3) is 3.55. The third-order valence-corrected chi connectivity index (χ3v) is 5.85. The van der Waals surface area contributed by atoms with Gasteiger partial charge in [-0.25, -0.2) is 13.1 Å². The highest BCUT2D eigenvalue weighted by Crippen LogP contribution is 2.16. The van der Waals surface area contributed by atoms with Crippen molar-refractivity contribution in [3.8, 4) is 0 Å². The van der Waals surface area contributed by atoms with Gasteiger partial charge in [0.2, 0.25) is 10.0 Å². The molecule has 10 heteroatoms. The standard InChI is InChI=1S/C14H19N5O4S/c1-12-2-3-14(20)19(16-12)9-6-17-4-7-18(8-5-17)24(21,22)13-10-15-23-11-13/h2-3,10-11H,4-9H2,1H3. The van der Waals surface area contributed by atoms with Crippen LogP contribution in [0.3, 0.4) is 0 Å². The summed E-state index contributed by atoms with van der Waals surface area (Å²) in [7, 11) is -3.54. The molecule has 0 atom stereocenters. The number of aryl methyl sites for hydroxylation is 1. The Morgan fingerprint density at radius 2 is 1.92 bits per heavy atom. The maximum Gasteiger partial charge on any atom is 0.266 e. The van der Waals surface area contributed by atoms with Crippen LogP contribution in [0.5, 0.6) is 0 Å². The van der Waals surface area contributed by atoms with E-state index < -0.39 is 10.0 Å². The smallest absolute Gasteiger partial charge is 0.266 e. The van der Waals surface area contributed by atoms with Crippen LogP contribution in [0.15, 0.2) is 38.8 Å². The minimum atomic E-state index is -3.54. The number of rotatable bonds is 5. The second-order valence-electron chi connectivity index (χ2n) is 5.64. The van der Waals surface area contributed by atoms with Crippen molar-refractivity contribution in [2.75, 3.05) is 32.7 Å². The van der Waals surface area contributed by atoms with E-state index in [1.54, 1.807) is 6.07 Å². The largest absolute Gasteiger partial charge is 0.363 e. The average Bonchev–Trinajstić information content (AvgIpc) is 3.11. The molecule has 3 heterocycles. The van der Waals surface area contributed by atoms with Crippen molar-refractivity contribution in [3.05, 3.63) is 40.6 Å².